The van der Waals surface area contributed by atoms with Gasteiger partial charge in [0.15, 0.2) is 0 Å². The molecule has 1 saturated heterocycles. The van der Waals surface area contributed by atoms with Crippen LogP contribution in [-0.2, 0) is 9.53 Å². The van der Waals surface area contributed by atoms with Gasteiger partial charge < -0.3 is 29.9 Å². The highest BCUT2D eigenvalue weighted by atomic mass is 16.5. The van der Waals surface area contributed by atoms with E-state index in [1.54, 1.807) is 13.2 Å². The predicted octanol–water partition coefficient (Wildman–Crippen LogP) is 1.20. The highest BCUT2D eigenvalue weighted by Gasteiger charge is 2.46. The molecule has 4 heterocycles. The van der Waals surface area contributed by atoms with E-state index in [1.165, 1.54) is 12.8 Å². The van der Waals surface area contributed by atoms with E-state index in [2.05, 4.69) is 37.7 Å². The molecule has 5 N–H and O–H groups in total. The molecule has 12 heteroatoms. The third-order valence-electron chi connectivity index (χ3n) is 8.99. The van der Waals surface area contributed by atoms with Crippen LogP contribution in [0.4, 0.5) is 5.69 Å². The largest absolute Gasteiger partial charge is 0.495 e. The first-order valence-corrected chi connectivity index (χ1v) is 14.9. The summed E-state index contributed by atoms with van der Waals surface area (Å²) in [6.07, 6.45) is 6.19. The number of ether oxygens (including phenoxy) is 2. The number of morpholine rings is 1. The van der Waals surface area contributed by atoms with E-state index in [0.29, 0.717) is 35.2 Å². The molecule has 0 radical (unpaired) electrons. The second kappa shape index (κ2) is 11.1. The average Bonchev–Trinajstić information content (AvgIpc) is 3.59. The topological polar surface area (TPSA) is 137 Å². The lowest BCUT2D eigenvalue weighted by molar-refractivity contribution is -0.123. The maximum atomic E-state index is 13.6. The second-order valence-electron chi connectivity index (χ2n) is 11.7. The number of nitrogens with two attached hydrogens (primary N) is 1. The van der Waals surface area contributed by atoms with Gasteiger partial charge in [-0.25, -0.2) is 4.99 Å². The fraction of sp³-hybridized carbons (Fsp3) is 0.621. The number of anilines is 1. The fourth-order valence-electron chi connectivity index (χ4n) is 6.89. The highest BCUT2D eigenvalue weighted by Crippen LogP contribution is 2.37. The van der Waals surface area contributed by atoms with Crippen molar-refractivity contribution in [2.24, 2.45) is 10.7 Å². The van der Waals surface area contributed by atoms with Gasteiger partial charge in [0.1, 0.15) is 17.3 Å². The molecule has 4 aliphatic heterocycles. The number of benzene rings is 1. The number of hydrogen-bond acceptors (Lipinski definition) is 10. The molecule has 1 aliphatic carbocycles. The molecule has 12 nitrogen and oxygen atoms in total. The first-order valence-electron chi connectivity index (χ1n) is 14.9. The van der Waals surface area contributed by atoms with Crippen LogP contribution in [0.3, 0.4) is 0 Å². The molecular weight excluding hydrogens is 524 g/mol. The Morgan fingerprint density at radius 3 is 2.63 bits per heavy atom. The van der Waals surface area contributed by atoms with Crippen molar-refractivity contribution in [1.82, 2.24) is 25.3 Å². The number of methoxy groups -OCH3 is 1. The minimum Gasteiger partial charge on any atom is -0.495 e. The van der Waals surface area contributed by atoms with Crippen LogP contribution >= 0.6 is 0 Å². The third kappa shape index (κ3) is 5.24. The summed E-state index contributed by atoms with van der Waals surface area (Å²) in [5.74, 6) is -0.789. The van der Waals surface area contributed by atoms with E-state index in [4.69, 9.17) is 15.2 Å². The van der Waals surface area contributed by atoms with Crippen LogP contribution < -0.4 is 26.4 Å². The molecule has 5 aliphatic rings. The summed E-state index contributed by atoms with van der Waals surface area (Å²) >= 11 is 0. The number of nitrogens with one attached hydrogen (secondary N) is 3. The minimum absolute atomic E-state index is 0.239. The van der Waals surface area contributed by atoms with Crippen LogP contribution in [0, 0.1) is 0 Å². The van der Waals surface area contributed by atoms with Gasteiger partial charge in [-0.05, 0) is 31.4 Å². The fourth-order valence-corrected chi connectivity index (χ4v) is 6.89. The zero-order valence-electron chi connectivity index (χ0n) is 24.3. The predicted molar refractivity (Wildman–Crippen MR) is 155 cm³/mol. The molecule has 6 rings (SSSR count). The number of fused-ring (bicyclic) bond motifs is 1. The Kier molecular flexibility index (Phi) is 7.56. The number of hydrogen-bond donors (Lipinski definition) is 4. The standard InChI is InChI=1S/C29H42N8O4/c1-4-18-17-35(2)25-26(37(18)19-7-5-6-8-19)33-29(30,34-28(25)39)32-23-15-20-21(16-24(23)40-3)27(38)31-22(20)9-10-36-11-13-41-14-12-36/h15-16,18-19,32-33H,4-14,17,30H2,1-3H3,(H,34,39)/t18?,29-/m1/s1. The van der Waals surface area contributed by atoms with Crippen LogP contribution in [0.5, 0.6) is 5.75 Å². The number of aliphatic imine (C=N–C) groups is 1. The van der Waals surface area contributed by atoms with Crippen molar-refractivity contribution < 1.29 is 19.1 Å². The number of carbonyl (C=O) groups excluding carboxylic acids is 2. The van der Waals surface area contributed by atoms with Crippen LogP contribution in [-0.4, -0.2) is 104 Å². The second-order valence-corrected chi connectivity index (χ2v) is 11.7. The molecule has 1 unspecified atom stereocenters. The van der Waals surface area contributed by atoms with Crippen molar-refractivity contribution in [1.29, 1.82) is 0 Å². The summed E-state index contributed by atoms with van der Waals surface area (Å²) in [6, 6.07) is 4.21. The Morgan fingerprint density at radius 1 is 1.17 bits per heavy atom. The van der Waals surface area contributed by atoms with Crippen molar-refractivity contribution in [2.75, 3.05) is 58.9 Å². The van der Waals surface area contributed by atoms with Gasteiger partial charge in [-0.2, -0.15) is 0 Å². The van der Waals surface area contributed by atoms with Gasteiger partial charge in [0.05, 0.1) is 37.3 Å². The first kappa shape index (κ1) is 27.8. The number of likely N-dealkylation sites (N-methyl/N-ethyl adjacent to an activating group) is 1. The van der Waals surface area contributed by atoms with Crippen LogP contribution in [0.1, 0.15) is 61.4 Å². The molecule has 2 fully saturated rings. The molecule has 0 spiro atoms. The maximum absolute atomic E-state index is 13.6. The van der Waals surface area contributed by atoms with Crippen molar-refractivity contribution >= 4 is 23.2 Å². The quantitative estimate of drug-likeness (QED) is 0.340. The van der Waals surface area contributed by atoms with Gasteiger partial charge in [0.2, 0.25) is 5.91 Å². The smallest absolute Gasteiger partial charge is 0.278 e. The van der Waals surface area contributed by atoms with Gasteiger partial charge in [-0.3, -0.25) is 25.5 Å². The Morgan fingerprint density at radius 2 is 1.93 bits per heavy atom. The van der Waals surface area contributed by atoms with Crippen LogP contribution in [0.2, 0.25) is 0 Å². The molecule has 2 atom stereocenters. The summed E-state index contributed by atoms with van der Waals surface area (Å²) in [4.78, 5) is 37.5. The van der Waals surface area contributed by atoms with E-state index in [-0.39, 0.29) is 17.9 Å². The monoisotopic (exact) mass is 566 g/mol. The molecule has 222 valence electrons. The lowest BCUT2D eigenvalue weighted by Gasteiger charge is -2.52. The zero-order valence-corrected chi connectivity index (χ0v) is 24.3. The van der Waals surface area contributed by atoms with Crippen molar-refractivity contribution in [2.45, 2.75) is 63.4 Å². The lowest BCUT2D eigenvalue weighted by atomic mass is 10.0. The van der Waals surface area contributed by atoms with Gasteiger partial charge in [0.25, 0.3) is 11.8 Å². The van der Waals surface area contributed by atoms with Gasteiger partial charge in [-0.1, -0.05) is 19.8 Å². The number of rotatable bonds is 8. The molecule has 1 aromatic carbocycles. The number of carbonyl (C=O) groups is 2. The first-order chi connectivity index (χ1) is 19.8. The Balaban J connectivity index is 1.28. The van der Waals surface area contributed by atoms with Crippen LogP contribution in [0.25, 0.3) is 0 Å². The molecule has 0 bridgehead atoms. The molecule has 2 amide bonds. The Hall–Kier alpha value is -3.35. The molecule has 0 aromatic heterocycles. The normalized spacial score (nSPS) is 26.9. The van der Waals surface area contributed by atoms with Gasteiger partial charge >= 0.3 is 0 Å². The maximum Gasteiger partial charge on any atom is 0.278 e. The highest BCUT2D eigenvalue weighted by molar-refractivity contribution is 6.22. The number of nitrogens with zero attached hydrogens (tertiary/aromatic N) is 4. The zero-order chi connectivity index (χ0) is 28.7. The van der Waals surface area contributed by atoms with Crippen molar-refractivity contribution in [3.63, 3.8) is 0 Å². The average molecular weight is 567 g/mol. The molecule has 41 heavy (non-hydrogen) atoms. The van der Waals surface area contributed by atoms with Crippen LogP contribution in [0.15, 0.2) is 28.6 Å². The van der Waals surface area contributed by atoms with E-state index in [9.17, 15) is 9.59 Å². The molecule has 1 saturated carbocycles. The summed E-state index contributed by atoms with van der Waals surface area (Å²) in [7, 11) is 3.51. The van der Waals surface area contributed by atoms with Crippen molar-refractivity contribution in [3.05, 3.63) is 34.8 Å². The van der Waals surface area contributed by atoms with E-state index in [0.717, 1.165) is 75.8 Å². The van der Waals surface area contributed by atoms with E-state index < -0.39 is 5.91 Å². The lowest BCUT2D eigenvalue weighted by Crippen LogP contribution is -2.76. The summed E-state index contributed by atoms with van der Waals surface area (Å²) < 4.78 is 11.1. The van der Waals surface area contributed by atoms with E-state index >= 15 is 0 Å². The van der Waals surface area contributed by atoms with Crippen molar-refractivity contribution in [3.8, 4) is 5.75 Å². The van der Waals surface area contributed by atoms with E-state index in [1.807, 2.05) is 18.0 Å². The minimum atomic E-state index is -1.49. The molecule has 1 aromatic rings. The van der Waals surface area contributed by atoms with Gasteiger partial charge in [0, 0.05) is 57.3 Å². The summed E-state index contributed by atoms with van der Waals surface area (Å²) in [6.45, 7) is 6.94. The third-order valence-corrected chi connectivity index (χ3v) is 8.99. The SMILES string of the molecule is CCC1CN(C)C2=C(N[C@@](N)(Nc3cc4c(cc3OC)C(=O)N=C4CCN3CCOCC3)NC2=O)N1C1CCCC1. The Bertz CT molecular complexity index is 1270. The molecular formula is C29H42N8O4. The summed E-state index contributed by atoms with van der Waals surface area (Å²) in [5, 5.41) is 9.71. The van der Waals surface area contributed by atoms with Gasteiger partial charge in [-0.15, -0.1) is 0 Å². The Labute approximate surface area is 241 Å². The summed E-state index contributed by atoms with van der Waals surface area (Å²) in [5.41, 5.74) is 10.0. The number of amides is 2.